The van der Waals surface area contributed by atoms with Crippen LogP contribution in [0.3, 0.4) is 0 Å². The number of nitrogens with one attached hydrogen (secondary N) is 1. The third-order valence-electron chi connectivity index (χ3n) is 3.60. The molecule has 0 spiro atoms. The van der Waals surface area contributed by atoms with Gasteiger partial charge in [-0.1, -0.05) is 19.8 Å². The van der Waals surface area contributed by atoms with Gasteiger partial charge in [-0.3, -0.25) is 0 Å². The Hall–Kier alpha value is -0.770. The number of hydrogen-bond acceptors (Lipinski definition) is 2. The Kier molecular flexibility index (Phi) is 6.34. The molecule has 17 heavy (non-hydrogen) atoms. The highest BCUT2D eigenvalue weighted by atomic mass is 16.5. The number of ether oxygens (including phenoxy) is 1. The summed E-state index contributed by atoms with van der Waals surface area (Å²) in [5, 5.41) is 3.13. The Morgan fingerprint density at radius 1 is 1.47 bits per heavy atom. The number of methoxy groups -OCH3 is 1. The van der Waals surface area contributed by atoms with Crippen molar-refractivity contribution in [3.05, 3.63) is 0 Å². The summed E-state index contributed by atoms with van der Waals surface area (Å²) >= 11 is 0. The first-order valence-corrected chi connectivity index (χ1v) is 6.75. The lowest BCUT2D eigenvalue weighted by molar-refractivity contribution is 0.129. The smallest absolute Gasteiger partial charge is 0.317 e. The first-order valence-electron chi connectivity index (χ1n) is 6.75. The third-order valence-corrected chi connectivity index (χ3v) is 3.60. The van der Waals surface area contributed by atoms with Crippen molar-refractivity contribution in [3.63, 3.8) is 0 Å². The van der Waals surface area contributed by atoms with Crippen LogP contribution in [0.4, 0.5) is 4.79 Å². The number of carbonyl (C=O) groups excluding carboxylic acids is 1. The van der Waals surface area contributed by atoms with E-state index in [-0.39, 0.29) is 12.1 Å². The fraction of sp³-hybridized carbons (Fsp3) is 0.923. The van der Waals surface area contributed by atoms with Crippen molar-refractivity contribution in [2.24, 2.45) is 0 Å². The molecule has 0 saturated heterocycles. The van der Waals surface area contributed by atoms with E-state index in [4.69, 9.17) is 4.74 Å². The molecule has 2 amide bonds. The van der Waals surface area contributed by atoms with Crippen LogP contribution in [0.2, 0.25) is 0 Å². The Morgan fingerprint density at radius 2 is 2.12 bits per heavy atom. The van der Waals surface area contributed by atoms with Crippen LogP contribution < -0.4 is 5.32 Å². The Balaban J connectivity index is 2.45. The molecular formula is C13H26N2O2. The van der Waals surface area contributed by atoms with Crippen LogP contribution in [0.5, 0.6) is 0 Å². The van der Waals surface area contributed by atoms with Gasteiger partial charge in [0.25, 0.3) is 0 Å². The van der Waals surface area contributed by atoms with Crippen molar-refractivity contribution in [1.82, 2.24) is 10.2 Å². The van der Waals surface area contributed by atoms with E-state index < -0.39 is 0 Å². The summed E-state index contributed by atoms with van der Waals surface area (Å²) in [5.41, 5.74) is 0. The standard InChI is InChI=1S/C13H26N2O2/c1-4-11(2)15(9-10-17-3)13(16)14-12-7-5-6-8-12/h11-12H,4-10H2,1-3H3,(H,14,16). The molecule has 0 heterocycles. The van der Waals surface area contributed by atoms with Crippen LogP contribution in [0.15, 0.2) is 0 Å². The van der Waals surface area contributed by atoms with E-state index in [0.29, 0.717) is 19.2 Å². The molecule has 0 aromatic carbocycles. The number of carbonyl (C=O) groups is 1. The van der Waals surface area contributed by atoms with E-state index in [9.17, 15) is 4.79 Å². The Morgan fingerprint density at radius 3 is 2.65 bits per heavy atom. The van der Waals surface area contributed by atoms with Crippen LogP contribution in [-0.2, 0) is 4.74 Å². The van der Waals surface area contributed by atoms with Gasteiger partial charge in [0, 0.05) is 25.7 Å². The third kappa shape index (κ3) is 4.54. The quantitative estimate of drug-likeness (QED) is 0.777. The summed E-state index contributed by atoms with van der Waals surface area (Å²) in [7, 11) is 1.67. The van der Waals surface area contributed by atoms with Crippen molar-refractivity contribution in [2.75, 3.05) is 20.3 Å². The SMILES string of the molecule is CCC(C)N(CCOC)C(=O)NC1CCCC1. The zero-order chi connectivity index (χ0) is 12.7. The fourth-order valence-electron chi connectivity index (χ4n) is 2.26. The molecule has 0 aromatic heterocycles. The maximum Gasteiger partial charge on any atom is 0.317 e. The first-order chi connectivity index (χ1) is 8.19. The van der Waals surface area contributed by atoms with Gasteiger partial charge in [0.2, 0.25) is 0 Å². The van der Waals surface area contributed by atoms with Crippen LogP contribution in [-0.4, -0.2) is 43.3 Å². The van der Waals surface area contributed by atoms with Gasteiger partial charge in [-0.2, -0.15) is 0 Å². The molecule has 1 aliphatic rings. The zero-order valence-electron chi connectivity index (χ0n) is 11.4. The maximum absolute atomic E-state index is 12.2. The minimum Gasteiger partial charge on any atom is -0.383 e. The van der Waals surface area contributed by atoms with Gasteiger partial charge < -0.3 is 15.0 Å². The van der Waals surface area contributed by atoms with Gasteiger partial charge in [-0.15, -0.1) is 0 Å². The molecule has 1 aliphatic carbocycles. The van der Waals surface area contributed by atoms with E-state index in [0.717, 1.165) is 19.3 Å². The second-order valence-corrected chi connectivity index (χ2v) is 4.87. The second kappa shape index (κ2) is 7.54. The minimum absolute atomic E-state index is 0.0725. The Bertz CT molecular complexity index is 227. The minimum atomic E-state index is 0.0725. The van der Waals surface area contributed by atoms with Crippen LogP contribution in [0, 0.1) is 0 Å². The van der Waals surface area contributed by atoms with Gasteiger partial charge in [-0.25, -0.2) is 4.79 Å². The summed E-state index contributed by atoms with van der Waals surface area (Å²) in [4.78, 5) is 14.1. The monoisotopic (exact) mass is 242 g/mol. The molecule has 4 heteroatoms. The summed E-state index contributed by atoms with van der Waals surface area (Å²) in [6, 6.07) is 0.728. The average molecular weight is 242 g/mol. The van der Waals surface area contributed by atoms with Gasteiger partial charge in [0.1, 0.15) is 0 Å². The number of hydrogen-bond donors (Lipinski definition) is 1. The number of rotatable bonds is 6. The fourth-order valence-corrected chi connectivity index (χ4v) is 2.26. The molecular weight excluding hydrogens is 216 g/mol. The molecule has 1 fully saturated rings. The van der Waals surface area contributed by atoms with Crippen molar-refractivity contribution < 1.29 is 9.53 Å². The normalized spacial score (nSPS) is 18.1. The van der Waals surface area contributed by atoms with Crippen LogP contribution in [0.1, 0.15) is 46.0 Å². The summed E-state index contributed by atoms with van der Waals surface area (Å²) in [6.45, 7) is 5.46. The van der Waals surface area contributed by atoms with E-state index in [1.165, 1.54) is 12.8 Å². The molecule has 0 bridgehead atoms. The molecule has 1 atom stereocenters. The summed E-state index contributed by atoms with van der Waals surface area (Å²) < 4.78 is 5.07. The van der Waals surface area contributed by atoms with Gasteiger partial charge in [0.05, 0.1) is 6.61 Å². The van der Waals surface area contributed by atoms with E-state index in [1.807, 2.05) is 4.90 Å². The number of nitrogens with zero attached hydrogens (tertiary/aromatic N) is 1. The van der Waals surface area contributed by atoms with Crippen molar-refractivity contribution in [3.8, 4) is 0 Å². The summed E-state index contributed by atoms with van der Waals surface area (Å²) in [5.74, 6) is 0. The van der Waals surface area contributed by atoms with Crippen molar-refractivity contribution in [1.29, 1.82) is 0 Å². The molecule has 0 radical (unpaired) electrons. The van der Waals surface area contributed by atoms with Crippen molar-refractivity contribution >= 4 is 6.03 Å². The number of urea groups is 1. The highest BCUT2D eigenvalue weighted by Crippen LogP contribution is 2.18. The van der Waals surface area contributed by atoms with Gasteiger partial charge in [-0.05, 0) is 26.2 Å². The highest BCUT2D eigenvalue weighted by molar-refractivity contribution is 5.74. The lowest BCUT2D eigenvalue weighted by atomic mass is 10.2. The average Bonchev–Trinajstić information content (AvgIpc) is 2.81. The Labute approximate surface area is 105 Å². The molecule has 1 rings (SSSR count). The molecule has 0 aromatic rings. The first kappa shape index (κ1) is 14.3. The van der Waals surface area contributed by atoms with Gasteiger partial charge in [0.15, 0.2) is 0 Å². The molecule has 1 N–H and O–H groups in total. The van der Waals surface area contributed by atoms with E-state index >= 15 is 0 Å². The highest BCUT2D eigenvalue weighted by Gasteiger charge is 2.23. The summed E-state index contributed by atoms with van der Waals surface area (Å²) in [6.07, 6.45) is 5.72. The lowest BCUT2D eigenvalue weighted by Gasteiger charge is -2.29. The zero-order valence-corrected chi connectivity index (χ0v) is 11.4. The second-order valence-electron chi connectivity index (χ2n) is 4.87. The molecule has 100 valence electrons. The predicted molar refractivity (Wildman–Crippen MR) is 69.1 cm³/mol. The maximum atomic E-state index is 12.2. The molecule has 1 saturated carbocycles. The largest absolute Gasteiger partial charge is 0.383 e. The van der Waals surface area contributed by atoms with Gasteiger partial charge >= 0.3 is 6.03 Å². The van der Waals surface area contributed by atoms with E-state index in [1.54, 1.807) is 7.11 Å². The molecule has 1 unspecified atom stereocenters. The van der Waals surface area contributed by atoms with Crippen LogP contribution in [0.25, 0.3) is 0 Å². The van der Waals surface area contributed by atoms with Crippen LogP contribution >= 0.6 is 0 Å². The number of amides is 2. The predicted octanol–water partition coefficient (Wildman–Crippen LogP) is 2.39. The van der Waals surface area contributed by atoms with Crippen molar-refractivity contribution in [2.45, 2.75) is 58.0 Å². The lowest BCUT2D eigenvalue weighted by Crippen LogP contribution is -2.48. The topological polar surface area (TPSA) is 41.6 Å². The molecule has 4 nitrogen and oxygen atoms in total. The molecule has 0 aliphatic heterocycles. The van der Waals surface area contributed by atoms with E-state index in [2.05, 4.69) is 19.2 Å².